The average Bonchev–Trinajstić information content (AvgIpc) is 2.70. The molecule has 0 aliphatic heterocycles. The van der Waals surface area contributed by atoms with Gasteiger partial charge in [0.05, 0.1) is 6.61 Å². The molecule has 1 aromatic rings. The average molecular weight is 198 g/mol. The Morgan fingerprint density at radius 3 is 2.86 bits per heavy atom. The molecular formula is C9H18N4O. The second-order valence-electron chi connectivity index (χ2n) is 3.73. The van der Waals surface area contributed by atoms with Gasteiger partial charge in [0.2, 0.25) is 0 Å². The first-order chi connectivity index (χ1) is 6.70. The van der Waals surface area contributed by atoms with Crippen molar-refractivity contribution in [3.05, 3.63) is 12.7 Å². The lowest BCUT2D eigenvalue weighted by molar-refractivity contribution is 0.169. The van der Waals surface area contributed by atoms with E-state index in [1.54, 1.807) is 11.0 Å². The van der Waals surface area contributed by atoms with Gasteiger partial charge in [0.15, 0.2) is 0 Å². The molecule has 0 bridgehead atoms. The summed E-state index contributed by atoms with van der Waals surface area (Å²) in [4.78, 5) is 3.86. The molecule has 1 aromatic heterocycles. The molecule has 0 aliphatic rings. The number of rotatable bonds is 6. The molecule has 2 N–H and O–H groups in total. The van der Waals surface area contributed by atoms with Crippen molar-refractivity contribution < 1.29 is 5.11 Å². The summed E-state index contributed by atoms with van der Waals surface area (Å²) in [6, 6.07) is 0. The fourth-order valence-electron chi connectivity index (χ4n) is 1.26. The van der Waals surface area contributed by atoms with Crippen LogP contribution in [0.4, 0.5) is 0 Å². The van der Waals surface area contributed by atoms with E-state index >= 15 is 0 Å². The predicted octanol–water partition coefficient (Wildman–Crippen LogP) is 0.0287. The third-order valence-electron chi connectivity index (χ3n) is 2.53. The summed E-state index contributed by atoms with van der Waals surface area (Å²) < 4.78 is 1.80. The number of nitrogens with one attached hydrogen (secondary N) is 1. The van der Waals surface area contributed by atoms with Gasteiger partial charge >= 0.3 is 0 Å². The zero-order valence-corrected chi connectivity index (χ0v) is 8.77. The summed E-state index contributed by atoms with van der Waals surface area (Å²) >= 11 is 0. The van der Waals surface area contributed by atoms with Crippen molar-refractivity contribution in [2.24, 2.45) is 0 Å². The van der Waals surface area contributed by atoms with Gasteiger partial charge in [0.25, 0.3) is 0 Å². The van der Waals surface area contributed by atoms with E-state index in [-0.39, 0.29) is 12.1 Å². The summed E-state index contributed by atoms with van der Waals surface area (Å²) in [6.45, 7) is 3.01. The summed E-state index contributed by atoms with van der Waals surface area (Å²) in [5, 5.41) is 16.3. The van der Waals surface area contributed by atoms with E-state index in [0.717, 1.165) is 19.4 Å². The highest BCUT2D eigenvalue weighted by molar-refractivity contribution is 4.80. The van der Waals surface area contributed by atoms with Gasteiger partial charge in [-0.1, -0.05) is 0 Å². The van der Waals surface area contributed by atoms with Gasteiger partial charge in [-0.2, -0.15) is 5.10 Å². The van der Waals surface area contributed by atoms with Crippen molar-refractivity contribution in [3.8, 4) is 0 Å². The van der Waals surface area contributed by atoms with Gasteiger partial charge in [-0.3, -0.25) is 4.68 Å². The third-order valence-corrected chi connectivity index (χ3v) is 2.53. The first-order valence-corrected chi connectivity index (χ1v) is 4.82. The number of aliphatic hydroxyl groups is 1. The van der Waals surface area contributed by atoms with Crippen LogP contribution in [-0.2, 0) is 6.54 Å². The molecule has 5 heteroatoms. The minimum atomic E-state index is -0.180. The number of likely N-dealkylation sites (N-methyl/N-ethyl adjacent to an activating group) is 1. The van der Waals surface area contributed by atoms with E-state index in [0.29, 0.717) is 0 Å². The summed E-state index contributed by atoms with van der Waals surface area (Å²) in [7, 11) is 1.87. The second-order valence-corrected chi connectivity index (χ2v) is 3.73. The number of aryl methyl sites for hydroxylation is 1. The Balaban J connectivity index is 2.27. The Morgan fingerprint density at radius 1 is 1.57 bits per heavy atom. The fraction of sp³-hybridized carbons (Fsp3) is 0.778. The van der Waals surface area contributed by atoms with Crippen LogP contribution < -0.4 is 5.32 Å². The number of aliphatic hydroxyl groups excluding tert-OH is 1. The Morgan fingerprint density at radius 2 is 2.36 bits per heavy atom. The second kappa shape index (κ2) is 5.07. The van der Waals surface area contributed by atoms with Gasteiger partial charge in [-0.05, 0) is 26.8 Å². The molecule has 1 heterocycles. The van der Waals surface area contributed by atoms with E-state index in [1.165, 1.54) is 6.33 Å². The highest BCUT2D eigenvalue weighted by Gasteiger charge is 2.19. The standard InChI is InChI=1S/C9H18N4O/c1-9(6-14,10-2)4-3-5-13-8-11-7-12-13/h7-8,10,14H,3-6H2,1-2H3. The zero-order chi connectivity index (χ0) is 10.4. The van der Waals surface area contributed by atoms with E-state index in [2.05, 4.69) is 15.4 Å². The van der Waals surface area contributed by atoms with Crippen LogP contribution in [0.3, 0.4) is 0 Å². The smallest absolute Gasteiger partial charge is 0.137 e. The number of aromatic nitrogens is 3. The molecule has 0 aliphatic carbocycles. The van der Waals surface area contributed by atoms with Crippen molar-refractivity contribution >= 4 is 0 Å². The first kappa shape index (κ1) is 11.1. The molecule has 0 aromatic carbocycles. The highest BCUT2D eigenvalue weighted by atomic mass is 16.3. The zero-order valence-electron chi connectivity index (χ0n) is 8.77. The molecule has 1 unspecified atom stereocenters. The van der Waals surface area contributed by atoms with Gasteiger partial charge in [-0.15, -0.1) is 0 Å². The topological polar surface area (TPSA) is 63.0 Å². The maximum atomic E-state index is 9.15. The largest absolute Gasteiger partial charge is 0.394 e. The molecule has 80 valence electrons. The van der Waals surface area contributed by atoms with E-state index in [9.17, 15) is 0 Å². The molecule has 1 atom stereocenters. The summed E-state index contributed by atoms with van der Waals surface area (Å²) in [5.41, 5.74) is -0.180. The summed E-state index contributed by atoms with van der Waals surface area (Å²) in [6.07, 6.45) is 5.13. The maximum Gasteiger partial charge on any atom is 0.137 e. The lowest BCUT2D eigenvalue weighted by atomic mass is 9.97. The maximum absolute atomic E-state index is 9.15. The van der Waals surface area contributed by atoms with Crippen LogP contribution in [0.1, 0.15) is 19.8 Å². The Hall–Kier alpha value is -0.940. The normalized spacial score (nSPS) is 15.4. The lowest BCUT2D eigenvalue weighted by Gasteiger charge is -2.26. The minimum absolute atomic E-state index is 0.154. The molecule has 0 spiro atoms. The molecule has 0 saturated carbocycles. The van der Waals surface area contributed by atoms with Gasteiger partial charge in [-0.25, -0.2) is 4.98 Å². The van der Waals surface area contributed by atoms with E-state index in [1.807, 2.05) is 14.0 Å². The molecule has 1 rings (SSSR count). The van der Waals surface area contributed by atoms with Crippen molar-refractivity contribution in [3.63, 3.8) is 0 Å². The molecule has 0 fully saturated rings. The van der Waals surface area contributed by atoms with Crippen LogP contribution in [-0.4, -0.2) is 39.1 Å². The van der Waals surface area contributed by atoms with Crippen molar-refractivity contribution in [2.45, 2.75) is 31.8 Å². The quantitative estimate of drug-likeness (QED) is 0.677. The predicted molar refractivity (Wildman–Crippen MR) is 53.8 cm³/mol. The number of hydrogen-bond donors (Lipinski definition) is 2. The SMILES string of the molecule is CNC(C)(CO)CCCn1cncn1. The van der Waals surface area contributed by atoms with Crippen LogP contribution in [0.25, 0.3) is 0 Å². The van der Waals surface area contributed by atoms with E-state index < -0.39 is 0 Å². The Kier molecular flexibility index (Phi) is 4.03. The van der Waals surface area contributed by atoms with Crippen molar-refractivity contribution in [1.29, 1.82) is 0 Å². The molecule has 5 nitrogen and oxygen atoms in total. The van der Waals surface area contributed by atoms with Gasteiger partial charge in [0, 0.05) is 12.1 Å². The van der Waals surface area contributed by atoms with Crippen LogP contribution >= 0.6 is 0 Å². The highest BCUT2D eigenvalue weighted by Crippen LogP contribution is 2.11. The van der Waals surface area contributed by atoms with E-state index in [4.69, 9.17) is 5.11 Å². The molecule has 0 radical (unpaired) electrons. The van der Waals surface area contributed by atoms with Crippen LogP contribution in [0.5, 0.6) is 0 Å². The third kappa shape index (κ3) is 3.08. The molecule has 0 saturated heterocycles. The minimum Gasteiger partial charge on any atom is -0.394 e. The van der Waals surface area contributed by atoms with Gasteiger partial charge < -0.3 is 10.4 Å². The number of hydrogen-bond acceptors (Lipinski definition) is 4. The Labute approximate surface area is 84.2 Å². The first-order valence-electron chi connectivity index (χ1n) is 4.82. The molecular weight excluding hydrogens is 180 g/mol. The lowest BCUT2D eigenvalue weighted by Crippen LogP contribution is -2.43. The molecule has 14 heavy (non-hydrogen) atoms. The van der Waals surface area contributed by atoms with Crippen LogP contribution in [0.15, 0.2) is 12.7 Å². The van der Waals surface area contributed by atoms with Crippen LogP contribution in [0.2, 0.25) is 0 Å². The molecule has 0 amide bonds. The van der Waals surface area contributed by atoms with Gasteiger partial charge in [0.1, 0.15) is 12.7 Å². The monoisotopic (exact) mass is 198 g/mol. The van der Waals surface area contributed by atoms with Crippen LogP contribution in [0, 0.1) is 0 Å². The summed E-state index contributed by atoms with van der Waals surface area (Å²) in [5.74, 6) is 0. The number of nitrogens with zero attached hydrogens (tertiary/aromatic N) is 3. The Bertz CT molecular complexity index is 243. The fourth-order valence-corrected chi connectivity index (χ4v) is 1.26. The van der Waals surface area contributed by atoms with Crippen molar-refractivity contribution in [2.75, 3.05) is 13.7 Å². The van der Waals surface area contributed by atoms with Crippen molar-refractivity contribution in [1.82, 2.24) is 20.1 Å².